The Hall–Kier alpha value is -1.36. The SMILES string of the molecule is CCOC(=O)[C@@](O)(CCC=C(C)C)CC(=O)OC. The van der Waals surface area contributed by atoms with Crippen molar-refractivity contribution in [2.75, 3.05) is 13.7 Å². The molecule has 0 heterocycles. The second-order valence-corrected chi connectivity index (χ2v) is 4.33. The van der Waals surface area contributed by atoms with Crippen LogP contribution in [0.4, 0.5) is 0 Å². The Morgan fingerprint density at radius 3 is 2.39 bits per heavy atom. The lowest BCUT2D eigenvalue weighted by Crippen LogP contribution is -2.42. The minimum Gasteiger partial charge on any atom is -0.469 e. The molecule has 0 aromatic carbocycles. The Balaban J connectivity index is 4.73. The molecule has 0 aromatic heterocycles. The van der Waals surface area contributed by atoms with Gasteiger partial charge in [0, 0.05) is 0 Å². The minimum atomic E-state index is -1.81. The van der Waals surface area contributed by atoms with Crippen LogP contribution in [-0.2, 0) is 19.1 Å². The van der Waals surface area contributed by atoms with Crippen LogP contribution in [0.5, 0.6) is 0 Å². The molecule has 0 aliphatic carbocycles. The van der Waals surface area contributed by atoms with Gasteiger partial charge < -0.3 is 14.6 Å². The normalized spacial score (nSPS) is 13.4. The maximum Gasteiger partial charge on any atom is 0.338 e. The van der Waals surface area contributed by atoms with Gasteiger partial charge in [-0.2, -0.15) is 0 Å². The molecule has 18 heavy (non-hydrogen) atoms. The molecule has 5 nitrogen and oxygen atoms in total. The van der Waals surface area contributed by atoms with Crippen LogP contribution in [0.2, 0.25) is 0 Å². The molecule has 0 saturated carbocycles. The van der Waals surface area contributed by atoms with E-state index in [1.54, 1.807) is 6.92 Å². The third kappa shape index (κ3) is 5.82. The summed E-state index contributed by atoms with van der Waals surface area (Å²) >= 11 is 0. The van der Waals surface area contributed by atoms with Crippen molar-refractivity contribution in [3.05, 3.63) is 11.6 Å². The predicted octanol–water partition coefficient (Wildman–Crippen LogP) is 1.59. The third-order valence-corrected chi connectivity index (χ3v) is 2.43. The second-order valence-electron chi connectivity index (χ2n) is 4.33. The molecule has 0 fully saturated rings. The first-order chi connectivity index (χ1) is 8.35. The number of hydrogen-bond donors (Lipinski definition) is 1. The number of carbonyl (C=O) groups excluding carboxylic acids is 2. The first-order valence-electron chi connectivity index (χ1n) is 5.95. The Morgan fingerprint density at radius 2 is 1.94 bits per heavy atom. The fourth-order valence-electron chi connectivity index (χ4n) is 1.44. The lowest BCUT2D eigenvalue weighted by atomic mass is 9.93. The Kier molecular flexibility index (Phi) is 7.27. The summed E-state index contributed by atoms with van der Waals surface area (Å²) in [6.45, 7) is 5.64. The van der Waals surface area contributed by atoms with Crippen molar-refractivity contribution in [1.82, 2.24) is 0 Å². The molecule has 0 aromatic rings. The standard InChI is InChI=1S/C13H22O5/c1-5-18-12(15)13(16,9-11(14)17-4)8-6-7-10(2)3/h7,16H,5-6,8-9H2,1-4H3/t13-/m1/s1. The maximum absolute atomic E-state index is 11.7. The van der Waals surface area contributed by atoms with Crippen LogP contribution < -0.4 is 0 Å². The summed E-state index contributed by atoms with van der Waals surface area (Å²) in [6.07, 6.45) is 2.13. The molecule has 0 bridgehead atoms. The van der Waals surface area contributed by atoms with Gasteiger partial charge in [-0.1, -0.05) is 11.6 Å². The highest BCUT2D eigenvalue weighted by atomic mass is 16.6. The zero-order valence-corrected chi connectivity index (χ0v) is 11.5. The summed E-state index contributed by atoms with van der Waals surface area (Å²) in [7, 11) is 1.21. The first-order valence-corrected chi connectivity index (χ1v) is 5.95. The number of allylic oxidation sites excluding steroid dienone is 2. The highest BCUT2D eigenvalue weighted by Crippen LogP contribution is 2.21. The summed E-state index contributed by atoms with van der Waals surface area (Å²) < 4.78 is 9.27. The quantitative estimate of drug-likeness (QED) is 0.554. The molecule has 0 unspecified atom stereocenters. The molecule has 104 valence electrons. The Bertz CT molecular complexity index is 317. The summed E-state index contributed by atoms with van der Waals surface area (Å²) in [5, 5.41) is 10.2. The van der Waals surface area contributed by atoms with Crippen LogP contribution in [0.1, 0.15) is 40.0 Å². The summed E-state index contributed by atoms with van der Waals surface area (Å²) in [5.41, 5.74) is -0.728. The van der Waals surface area contributed by atoms with Gasteiger partial charge in [0.1, 0.15) is 0 Å². The van der Waals surface area contributed by atoms with Gasteiger partial charge in [0.25, 0.3) is 0 Å². The van der Waals surface area contributed by atoms with E-state index in [0.717, 1.165) is 5.57 Å². The molecule has 1 N–H and O–H groups in total. The van der Waals surface area contributed by atoms with Crippen molar-refractivity contribution in [2.45, 2.75) is 45.6 Å². The van der Waals surface area contributed by atoms with Crippen LogP contribution in [0.3, 0.4) is 0 Å². The van der Waals surface area contributed by atoms with Gasteiger partial charge in [-0.15, -0.1) is 0 Å². The number of carbonyl (C=O) groups is 2. The first kappa shape index (κ1) is 16.6. The van der Waals surface area contributed by atoms with Gasteiger partial charge >= 0.3 is 11.9 Å². The highest BCUT2D eigenvalue weighted by Gasteiger charge is 2.39. The van der Waals surface area contributed by atoms with Crippen molar-refractivity contribution in [1.29, 1.82) is 0 Å². The van der Waals surface area contributed by atoms with E-state index in [0.29, 0.717) is 6.42 Å². The molecule has 0 rings (SSSR count). The van der Waals surface area contributed by atoms with Gasteiger partial charge in [-0.3, -0.25) is 4.79 Å². The van der Waals surface area contributed by atoms with Crippen LogP contribution in [-0.4, -0.2) is 36.4 Å². The van der Waals surface area contributed by atoms with Crippen LogP contribution >= 0.6 is 0 Å². The Labute approximate surface area is 108 Å². The predicted molar refractivity (Wildman–Crippen MR) is 66.9 cm³/mol. The molecule has 0 aliphatic heterocycles. The fraction of sp³-hybridized carbons (Fsp3) is 0.692. The fourth-order valence-corrected chi connectivity index (χ4v) is 1.44. The van der Waals surface area contributed by atoms with Gasteiger partial charge in [0.15, 0.2) is 5.60 Å². The third-order valence-electron chi connectivity index (χ3n) is 2.43. The molecule has 0 aliphatic rings. The van der Waals surface area contributed by atoms with Crippen LogP contribution in [0.25, 0.3) is 0 Å². The molecular formula is C13H22O5. The van der Waals surface area contributed by atoms with Gasteiger partial charge in [0.05, 0.1) is 20.1 Å². The van der Waals surface area contributed by atoms with Crippen molar-refractivity contribution in [2.24, 2.45) is 0 Å². The van der Waals surface area contributed by atoms with Gasteiger partial charge in [-0.05, 0) is 33.6 Å². The van der Waals surface area contributed by atoms with Crippen molar-refractivity contribution < 1.29 is 24.2 Å². The molecule has 0 saturated heterocycles. The number of hydrogen-bond acceptors (Lipinski definition) is 5. The monoisotopic (exact) mass is 258 g/mol. The molecular weight excluding hydrogens is 236 g/mol. The molecule has 0 radical (unpaired) electrons. The zero-order chi connectivity index (χ0) is 14.2. The highest BCUT2D eigenvalue weighted by molar-refractivity contribution is 5.85. The van der Waals surface area contributed by atoms with Crippen molar-refractivity contribution in [3.8, 4) is 0 Å². The smallest absolute Gasteiger partial charge is 0.338 e. The zero-order valence-electron chi connectivity index (χ0n) is 11.5. The number of methoxy groups -OCH3 is 1. The second kappa shape index (κ2) is 7.87. The molecule has 5 heteroatoms. The van der Waals surface area contributed by atoms with Gasteiger partial charge in [-0.25, -0.2) is 4.79 Å². The molecule has 0 amide bonds. The van der Waals surface area contributed by atoms with Crippen LogP contribution in [0, 0.1) is 0 Å². The Morgan fingerprint density at radius 1 is 1.33 bits per heavy atom. The maximum atomic E-state index is 11.7. The summed E-state index contributed by atoms with van der Waals surface area (Å²) in [5.74, 6) is -1.42. The average Bonchev–Trinajstić information content (AvgIpc) is 2.28. The van der Waals surface area contributed by atoms with E-state index in [9.17, 15) is 14.7 Å². The summed E-state index contributed by atoms with van der Waals surface area (Å²) in [6, 6.07) is 0. The number of rotatable bonds is 7. The van der Waals surface area contributed by atoms with E-state index >= 15 is 0 Å². The number of esters is 2. The largest absolute Gasteiger partial charge is 0.469 e. The van der Waals surface area contributed by atoms with E-state index in [1.807, 2.05) is 19.9 Å². The van der Waals surface area contributed by atoms with E-state index in [2.05, 4.69) is 4.74 Å². The lowest BCUT2D eigenvalue weighted by Gasteiger charge is -2.24. The van der Waals surface area contributed by atoms with E-state index < -0.39 is 17.5 Å². The molecule has 0 spiro atoms. The van der Waals surface area contributed by atoms with Crippen molar-refractivity contribution >= 4 is 11.9 Å². The molecule has 1 atom stereocenters. The van der Waals surface area contributed by atoms with Crippen molar-refractivity contribution in [3.63, 3.8) is 0 Å². The number of aliphatic hydroxyl groups is 1. The topological polar surface area (TPSA) is 72.8 Å². The summed E-state index contributed by atoms with van der Waals surface area (Å²) in [4.78, 5) is 22.9. The lowest BCUT2D eigenvalue weighted by molar-refractivity contribution is -0.172. The van der Waals surface area contributed by atoms with Crippen LogP contribution in [0.15, 0.2) is 11.6 Å². The average molecular weight is 258 g/mol. The van der Waals surface area contributed by atoms with E-state index in [1.165, 1.54) is 7.11 Å². The van der Waals surface area contributed by atoms with E-state index in [-0.39, 0.29) is 19.4 Å². The minimum absolute atomic E-state index is 0.131. The van der Waals surface area contributed by atoms with Gasteiger partial charge in [0.2, 0.25) is 0 Å². The van der Waals surface area contributed by atoms with E-state index in [4.69, 9.17) is 4.74 Å². The number of ether oxygens (including phenoxy) is 2.